The van der Waals surface area contributed by atoms with Gasteiger partial charge in [0.25, 0.3) is 0 Å². The highest BCUT2D eigenvalue weighted by molar-refractivity contribution is 5.19. The predicted molar refractivity (Wildman–Crippen MR) is 32.1 cm³/mol. The minimum Gasteiger partial charge on any atom is -0.211 e. The molecule has 1 rings (SSSR count). The van der Waals surface area contributed by atoms with Crippen molar-refractivity contribution < 1.29 is 4.39 Å². The Morgan fingerprint density at radius 1 is 1.25 bits per heavy atom. The summed E-state index contributed by atoms with van der Waals surface area (Å²) in [5.74, 6) is -0.0741. The fourth-order valence-electron chi connectivity index (χ4n) is 0.551. The number of hydrogen-bond donors (Lipinski definition) is 0. The maximum absolute atomic E-state index is 12.2. The van der Waals surface area contributed by atoms with Crippen LogP contribution in [0.1, 0.15) is 6.42 Å². The number of halogens is 1. The monoisotopic (exact) mass is 110 g/mol. The van der Waals surface area contributed by atoms with Gasteiger partial charge in [-0.2, -0.15) is 0 Å². The summed E-state index contributed by atoms with van der Waals surface area (Å²) in [4.78, 5) is 0. The van der Waals surface area contributed by atoms with Crippen LogP contribution >= 0.6 is 0 Å². The standard InChI is InChI=1S/C7H7F/c8-7-5-3-1-2-4-6-7/h1-5H,6H2. The average Bonchev–Trinajstić information content (AvgIpc) is 1.94. The molecular formula is C7H7F. The van der Waals surface area contributed by atoms with Crippen LogP contribution in [0.3, 0.4) is 0 Å². The van der Waals surface area contributed by atoms with Crippen LogP contribution in [0.5, 0.6) is 0 Å². The molecule has 0 heterocycles. The lowest BCUT2D eigenvalue weighted by Crippen LogP contribution is -1.63. The first-order valence-electron chi connectivity index (χ1n) is 2.57. The molecule has 0 bridgehead atoms. The molecule has 0 fully saturated rings. The zero-order chi connectivity index (χ0) is 5.82. The van der Waals surface area contributed by atoms with E-state index in [0.29, 0.717) is 6.42 Å². The quantitative estimate of drug-likeness (QED) is 0.449. The van der Waals surface area contributed by atoms with Crippen LogP contribution < -0.4 is 0 Å². The Morgan fingerprint density at radius 2 is 2.12 bits per heavy atom. The van der Waals surface area contributed by atoms with E-state index in [1.807, 2.05) is 12.2 Å². The van der Waals surface area contributed by atoms with Crippen molar-refractivity contribution >= 4 is 0 Å². The molecule has 0 N–H and O–H groups in total. The highest BCUT2D eigenvalue weighted by atomic mass is 19.1. The number of allylic oxidation sites excluding steroid dienone is 6. The molecule has 0 radical (unpaired) electrons. The van der Waals surface area contributed by atoms with Gasteiger partial charge in [-0.3, -0.25) is 0 Å². The van der Waals surface area contributed by atoms with Gasteiger partial charge in [-0.25, -0.2) is 4.39 Å². The zero-order valence-corrected chi connectivity index (χ0v) is 4.47. The van der Waals surface area contributed by atoms with Gasteiger partial charge in [0.1, 0.15) is 5.83 Å². The molecule has 1 aliphatic rings. The van der Waals surface area contributed by atoms with Crippen molar-refractivity contribution in [2.75, 3.05) is 0 Å². The van der Waals surface area contributed by atoms with Crippen molar-refractivity contribution in [2.24, 2.45) is 0 Å². The Balaban J connectivity index is 2.69. The molecule has 0 aliphatic heterocycles. The Hall–Kier alpha value is -0.850. The Bertz CT molecular complexity index is 152. The van der Waals surface area contributed by atoms with Gasteiger partial charge in [0.05, 0.1) is 0 Å². The third-order valence-electron chi connectivity index (χ3n) is 0.948. The second-order valence-electron chi connectivity index (χ2n) is 1.63. The van der Waals surface area contributed by atoms with E-state index in [1.54, 1.807) is 12.2 Å². The van der Waals surface area contributed by atoms with Gasteiger partial charge in [-0.15, -0.1) is 0 Å². The predicted octanol–water partition coefficient (Wildman–Crippen LogP) is 2.36. The van der Waals surface area contributed by atoms with Crippen molar-refractivity contribution in [3.63, 3.8) is 0 Å². The second kappa shape index (κ2) is 2.46. The van der Waals surface area contributed by atoms with Crippen LogP contribution in [0, 0.1) is 0 Å². The summed E-state index contributed by atoms with van der Waals surface area (Å²) < 4.78 is 12.2. The number of hydrogen-bond acceptors (Lipinski definition) is 0. The lowest BCUT2D eigenvalue weighted by Gasteiger charge is -1.81. The first-order valence-corrected chi connectivity index (χ1v) is 2.57. The Kier molecular flexibility index (Phi) is 1.62. The normalized spacial score (nSPS) is 17.9. The lowest BCUT2D eigenvalue weighted by molar-refractivity contribution is 0.618. The summed E-state index contributed by atoms with van der Waals surface area (Å²) in [6.45, 7) is 0. The Morgan fingerprint density at radius 3 is 3.00 bits per heavy atom. The first-order chi connectivity index (χ1) is 3.89. The molecule has 0 spiro atoms. The fourth-order valence-corrected chi connectivity index (χ4v) is 0.551. The molecule has 0 amide bonds. The van der Waals surface area contributed by atoms with E-state index >= 15 is 0 Å². The van der Waals surface area contributed by atoms with Crippen LogP contribution in [0.15, 0.2) is 36.2 Å². The van der Waals surface area contributed by atoms with Gasteiger partial charge in [-0.1, -0.05) is 24.3 Å². The molecule has 0 atom stereocenters. The fraction of sp³-hybridized carbons (Fsp3) is 0.143. The SMILES string of the molecule is FC1=CC=CC=CC1. The third-order valence-corrected chi connectivity index (χ3v) is 0.948. The van der Waals surface area contributed by atoms with Gasteiger partial charge < -0.3 is 0 Å². The molecule has 1 heteroatoms. The van der Waals surface area contributed by atoms with E-state index in [0.717, 1.165) is 0 Å². The van der Waals surface area contributed by atoms with Crippen molar-refractivity contribution in [1.82, 2.24) is 0 Å². The van der Waals surface area contributed by atoms with Crippen molar-refractivity contribution in [1.29, 1.82) is 0 Å². The summed E-state index contributed by atoms with van der Waals surface area (Å²) in [5, 5.41) is 0. The summed E-state index contributed by atoms with van der Waals surface area (Å²) in [6, 6.07) is 0. The minimum atomic E-state index is -0.0741. The highest BCUT2D eigenvalue weighted by Gasteiger charge is 1.88. The molecule has 1 aliphatic carbocycles. The summed E-state index contributed by atoms with van der Waals surface area (Å²) in [7, 11) is 0. The maximum atomic E-state index is 12.2. The topological polar surface area (TPSA) is 0 Å². The summed E-state index contributed by atoms with van der Waals surface area (Å²) in [6.07, 6.45) is 9.04. The molecule has 0 aromatic carbocycles. The highest BCUT2D eigenvalue weighted by Crippen LogP contribution is 2.06. The van der Waals surface area contributed by atoms with E-state index in [2.05, 4.69) is 0 Å². The van der Waals surface area contributed by atoms with Crippen LogP contribution in [0.25, 0.3) is 0 Å². The molecule has 0 aromatic heterocycles. The molecule has 0 aromatic rings. The number of rotatable bonds is 0. The average molecular weight is 110 g/mol. The molecule has 0 nitrogen and oxygen atoms in total. The van der Waals surface area contributed by atoms with E-state index in [9.17, 15) is 4.39 Å². The summed E-state index contributed by atoms with van der Waals surface area (Å²) in [5.41, 5.74) is 0. The first kappa shape index (κ1) is 5.29. The van der Waals surface area contributed by atoms with Gasteiger partial charge >= 0.3 is 0 Å². The molecule has 0 saturated heterocycles. The molecule has 0 saturated carbocycles. The van der Waals surface area contributed by atoms with E-state index in [1.165, 1.54) is 6.08 Å². The minimum absolute atomic E-state index is 0.0741. The smallest absolute Gasteiger partial charge is 0.104 e. The largest absolute Gasteiger partial charge is 0.211 e. The van der Waals surface area contributed by atoms with Crippen molar-refractivity contribution in [3.05, 3.63) is 36.2 Å². The summed E-state index contributed by atoms with van der Waals surface area (Å²) >= 11 is 0. The van der Waals surface area contributed by atoms with Gasteiger partial charge in [0, 0.05) is 6.42 Å². The van der Waals surface area contributed by atoms with Crippen LogP contribution in [-0.2, 0) is 0 Å². The molecule has 0 unspecified atom stereocenters. The van der Waals surface area contributed by atoms with Crippen molar-refractivity contribution in [2.45, 2.75) is 6.42 Å². The maximum Gasteiger partial charge on any atom is 0.104 e. The van der Waals surface area contributed by atoms with Gasteiger partial charge in [-0.05, 0) is 6.08 Å². The van der Waals surface area contributed by atoms with Crippen LogP contribution in [0.4, 0.5) is 4.39 Å². The van der Waals surface area contributed by atoms with E-state index in [4.69, 9.17) is 0 Å². The van der Waals surface area contributed by atoms with Gasteiger partial charge in [0.15, 0.2) is 0 Å². The van der Waals surface area contributed by atoms with Crippen LogP contribution in [0.2, 0.25) is 0 Å². The third kappa shape index (κ3) is 1.34. The molecule has 8 heavy (non-hydrogen) atoms. The van der Waals surface area contributed by atoms with E-state index in [-0.39, 0.29) is 5.83 Å². The zero-order valence-electron chi connectivity index (χ0n) is 4.47. The second-order valence-corrected chi connectivity index (χ2v) is 1.63. The molecular weight excluding hydrogens is 103 g/mol. The Labute approximate surface area is 48.0 Å². The van der Waals surface area contributed by atoms with Crippen LogP contribution in [-0.4, -0.2) is 0 Å². The molecule has 42 valence electrons. The van der Waals surface area contributed by atoms with E-state index < -0.39 is 0 Å². The lowest BCUT2D eigenvalue weighted by atomic mass is 10.3. The van der Waals surface area contributed by atoms with Crippen molar-refractivity contribution in [3.8, 4) is 0 Å². The van der Waals surface area contributed by atoms with Gasteiger partial charge in [0.2, 0.25) is 0 Å².